The first-order valence-electron chi connectivity index (χ1n) is 6.78. The highest BCUT2D eigenvalue weighted by molar-refractivity contribution is 9.10. The fraction of sp³-hybridized carbons (Fsp3) is 0.615. The van der Waals surface area contributed by atoms with E-state index in [2.05, 4.69) is 49.9 Å². The Bertz CT molecular complexity index is 618. The zero-order chi connectivity index (χ0) is 14.3. The van der Waals surface area contributed by atoms with E-state index in [9.17, 15) is 0 Å². The van der Waals surface area contributed by atoms with Gasteiger partial charge in [0.1, 0.15) is 4.60 Å². The van der Waals surface area contributed by atoms with Gasteiger partial charge in [-0.15, -0.1) is 10.2 Å². The van der Waals surface area contributed by atoms with E-state index in [4.69, 9.17) is 4.74 Å². The average Bonchev–Trinajstić information content (AvgIpc) is 2.84. The molecule has 1 fully saturated rings. The van der Waals surface area contributed by atoms with Crippen molar-refractivity contribution >= 4 is 27.5 Å². The van der Waals surface area contributed by atoms with Crippen molar-refractivity contribution in [1.82, 2.24) is 19.6 Å². The average molecular weight is 340 g/mol. The number of fused-ring (bicyclic) bond motifs is 1. The summed E-state index contributed by atoms with van der Waals surface area (Å²) in [4.78, 5) is 6.50. The second-order valence-electron chi connectivity index (χ2n) is 5.60. The molecule has 0 amide bonds. The molecule has 1 saturated heterocycles. The van der Waals surface area contributed by atoms with Gasteiger partial charge in [0.05, 0.1) is 13.3 Å². The minimum atomic E-state index is 0.491. The Morgan fingerprint density at radius 1 is 1.25 bits per heavy atom. The van der Waals surface area contributed by atoms with Gasteiger partial charge in [-0.1, -0.05) is 13.8 Å². The molecule has 1 aliphatic heterocycles. The lowest BCUT2D eigenvalue weighted by Gasteiger charge is -2.34. The van der Waals surface area contributed by atoms with Crippen molar-refractivity contribution in [2.75, 3.05) is 25.1 Å². The number of ether oxygens (including phenoxy) is 1. The molecule has 7 heteroatoms. The monoisotopic (exact) mass is 339 g/mol. The topological polar surface area (TPSA) is 55.6 Å². The van der Waals surface area contributed by atoms with E-state index in [0.29, 0.717) is 23.4 Å². The lowest BCUT2D eigenvalue weighted by molar-refractivity contribution is 0.353. The quantitative estimate of drug-likeness (QED) is 0.840. The summed E-state index contributed by atoms with van der Waals surface area (Å²) in [6, 6.07) is 0. The molecular weight excluding hydrogens is 322 g/mol. The number of halogens is 1. The normalized spacial score (nSPS) is 23.3. The Balaban J connectivity index is 2.08. The molecule has 108 valence electrons. The van der Waals surface area contributed by atoms with Crippen molar-refractivity contribution in [3.05, 3.63) is 10.8 Å². The summed E-state index contributed by atoms with van der Waals surface area (Å²) in [5, 5.41) is 8.58. The first-order chi connectivity index (χ1) is 9.60. The van der Waals surface area contributed by atoms with Gasteiger partial charge in [0.25, 0.3) is 5.88 Å². The van der Waals surface area contributed by atoms with Crippen molar-refractivity contribution in [1.29, 1.82) is 0 Å². The van der Waals surface area contributed by atoms with Gasteiger partial charge in [-0.05, 0) is 34.2 Å². The highest BCUT2D eigenvalue weighted by Gasteiger charge is 2.26. The van der Waals surface area contributed by atoms with Crippen LogP contribution in [0.15, 0.2) is 10.8 Å². The van der Waals surface area contributed by atoms with Gasteiger partial charge in [-0.2, -0.15) is 0 Å². The number of rotatable bonds is 2. The molecule has 3 rings (SSSR count). The predicted molar refractivity (Wildman–Crippen MR) is 80.2 cm³/mol. The summed E-state index contributed by atoms with van der Waals surface area (Å²) in [6.45, 7) is 6.57. The van der Waals surface area contributed by atoms with Crippen molar-refractivity contribution < 1.29 is 4.74 Å². The van der Waals surface area contributed by atoms with Gasteiger partial charge in [-0.3, -0.25) is 0 Å². The zero-order valence-corrected chi connectivity index (χ0v) is 13.5. The van der Waals surface area contributed by atoms with E-state index in [0.717, 1.165) is 23.6 Å². The minimum absolute atomic E-state index is 0.491. The zero-order valence-electron chi connectivity index (χ0n) is 11.9. The van der Waals surface area contributed by atoms with Crippen LogP contribution in [0, 0.1) is 11.8 Å². The van der Waals surface area contributed by atoms with Gasteiger partial charge < -0.3 is 9.64 Å². The summed E-state index contributed by atoms with van der Waals surface area (Å²) >= 11 is 3.53. The lowest BCUT2D eigenvalue weighted by Crippen LogP contribution is -2.39. The molecule has 0 radical (unpaired) electrons. The molecule has 0 aliphatic carbocycles. The van der Waals surface area contributed by atoms with E-state index in [1.807, 2.05) is 4.40 Å². The van der Waals surface area contributed by atoms with Crippen LogP contribution in [0.5, 0.6) is 5.88 Å². The maximum Gasteiger partial charge on any atom is 0.260 e. The lowest BCUT2D eigenvalue weighted by atomic mass is 9.92. The maximum atomic E-state index is 5.25. The summed E-state index contributed by atoms with van der Waals surface area (Å²) in [7, 11) is 1.59. The molecule has 0 spiro atoms. The molecule has 2 aromatic rings. The number of hydrogen-bond acceptors (Lipinski definition) is 5. The molecule has 6 nitrogen and oxygen atoms in total. The number of methoxy groups -OCH3 is 1. The Morgan fingerprint density at radius 3 is 2.60 bits per heavy atom. The van der Waals surface area contributed by atoms with Crippen LogP contribution in [0.1, 0.15) is 20.3 Å². The second-order valence-corrected chi connectivity index (χ2v) is 6.41. The predicted octanol–water partition coefficient (Wildman–Crippen LogP) is 2.38. The van der Waals surface area contributed by atoms with Crippen LogP contribution < -0.4 is 9.64 Å². The third kappa shape index (κ3) is 2.24. The van der Waals surface area contributed by atoms with Crippen LogP contribution in [-0.2, 0) is 0 Å². The van der Waals surface area contributed by atoms with Gasteiger partial charge in [0.15, 0.2) is 0 Å². The first kappa shape index (κ1) is 13.6. The van der Waals surface area contributed by atoms with Crippen LogP contribution in [0.2, 0.25) is 0 Å². The molecule has 0 saturated carbocycles. The van der Waals surface area contributed by atoms with Gasteiger partial charge in [-0.25, -0.2) is 9.38 Å². The molecule has 20 heavy (non-hydrogen) atoms. The van der Waals surface area contributed by atoms with E-state index in [-0.39, 0.29) is 0 Å². The SMILES string of the molecule is COc1ncc(Br)n2c(N3CC(C)CC(C)C3)nnc12. The molecule has 0 N–H and O–H groups in total. The number of piperidine rings is 1. The molecule has 2 unspecified atom stereocenters. The third-order valence-electron chi connectivity index (χ3n) is 3.68. The minimum Gasteiger partial charge on any atom is -0.478 e. The summed E-state index contributed by atoms with van der Waals surface area (Å²) in [5.74, 6) is 2.67. The van der Waals surface area contributed by atoms with Gasteiger partial charge in [0.2, 0.25) is 11.6 Å². The molecular formula is C13H18BrN5O. The third-order valence-corrected chi connectivity index (χ3v) is 4.24. The number of aromatic nitrogens is 4. The van der Waals surface area contributed by atoms with Crippen LogP contribution in [0.4, 0.5) is 5.95 Å². The summed E-state index contributed by atoms with van der Waals surface area (Å²) in [6.07, 6.45) is 2.98. The number of anilines is 1. The van der Waals surface area contributed by atoms with Gasteiger partial charge in [0, 0.05) is 13.1 Å². The first-order valence-corrected chi connectivity index (χ1v) is 7.58. The molecule has 3 heterocycles. The highest BCUT2D eigenvalue weighted by atomic mass is 79.9. The van der Waals surface area contributed by atoms with Gasteiger partial charge >= 0.3 is 0 Å². The van der Waals surface area contributed by atoms with E-state index in [1.54, 1.807) is 13.3 Å². The van der Waals surface area contributed by atoms with Crippen LogP contribution in [0.25, 0.3) is 5.65 Å². The van der Waals surface area contributed by atoms with Crippen LogP contribution in [0.3, 0.4) is 0 Å². The standard InChI is InChI=1S/C13H18BrN5O/c1-8-4-9(2)7-18(6-8)13-17-16-11-12(20-3)15-5-10(14)19(11)13/h5,8-9H,4,6-7H2,1-3H3. The van der Waals surface area contributed by atoms with Crippen molar-refractivity contribution in [3.63, 3.8) is 0 Å². The fourth-order valence-electron chi connectivity index (χ4n) is 3.01. The molecule has 2 atom stereocenters. The highest BCUT2D eigenvalue weighted by Crippen LogP contribution is 2.29. The smallest absolute Gasteiger partial charge is 0.260 e. The Hall–Kier alpha value is -1.37. The maximum absolute atomic E-state index is 5.25. The van der Waals surface area contributed by atoms with Crippen LogP contribution >= 0.6 is 15.9 Å². The molecule has 1 aliphatic rings. The molecule has 0 bridgehead atoms. The summed E-state index contributed by atoms with van der Waals surface area (Å²) < 4.78 is 8.04. The van der Waals surface area contributed by atoms with Crippen molar-refractivity contribution in [2.24, 2.45) is 11.8 Å². The number of nitrogens with zero attached hydrogens (tertiary/aromatic N) is 5. The van der Waals surface area contributed by atoms with Crippen molar-refractivity contribution in [3.8, 4) is 5.88 Å². The van der Waals surface area contributed by atoms with E-state index < -0.39 is 0 Å². The largest absolute Gasteiger partial charge is 0.478 e. The Labute approximate surface area is 126 Å². The summed E-state index contributed by atoms with van der Waals surface area (Å²) in [5.41, 5.74) is 0.641. The molecule has 0 aromatic carbocycles. The second kappa shape index (κ2) is 5.20. The van der Waals surface area contributed by atoms with Crippen molar-refractivity contribution in [2.45, 2.75) is 20.3 Å². The van der Waals surface area contributed by atoms with E-state index in [1.165, 1.54) is 6.42 Å². The molecule has 2 aromatic heterocycles. The Morgan fingerprint density at radius 2 is 1.95 bits per heavy atom. The number of hydrogen-bond donors (Lipinski definition) is 0. The fourth-order valence-corrected chi connectivity index (χ4v) is 3.44. The Kier molecular flexibility index (Phi) is 3.54. The van der Waals surface area contributed by atoms with Crippen LogP contribution in [-0.4, -0.2) is 39.8 Å². The van der Waals surface area contributed by atoms with E-state index >= 15 is 0 Å².